The van der Waals surface area contributed by atoms with Crippen molar-refractivity contribution in [2.24, 2.45) is 0 Å². The third-order valence-electron chi connectivity index (χ3n) is 3.95. The number of carbonyl (C=O) groups excluding carboxylic acids is 1. The van der Waals surface area contributed by atoms with Crippen molar-refractivity contribution in [3.8, 4) is 0 Å². The fourth-order valence-electron chi connectivity index (χ4n) is 3.02. The summed E-state index contributed by atoms with van der Waals surface area (Å²) >= 11 is 3.24. The number of carbonyl (C=O) groups is 1. The summed E-state index contributed by atoms with van der Waals surface area (Å²) in [6.45, 7) is 7.64. The van der Waals surface area contributed by atoms with Gasteiger partial charge in [-0.3, -0.25) is 0 Å². The number of esters is 1. The number of halogens is 1. The van der Waals surface area contributed by atoms with E-state index in [-0.39, 0.29) is 10.6 Å². The molecule has 0 bridgehead atoms. The van der Waals surface area contributed by atoms with Gasteiger partial charge in [-0.1, -0.05) is 0 Å². The fraction of sp³-hybridized carbons (Fsp3) is 0.800. The predicted molar refractivity (Wildman–Crippen MR) is 81.6 cm³/mol. The average Bonchev–Trinajstić information content (AvgIpc) is 2.80. The lowest BCUT2D eigenvalue weighted by molar-refractivity contribution is -0.332. The second-order valence-electron chi connectivity index (χ2n) is 6.64. The zero-order valence-electron chi connectivity index (χ0n) is 13.8. The minimum atomic E-state index is -0.811. The van der Waals surface area contributed by atoms with Gasteiger partial charge in [-0.25, -0.2) is 4.79 Å². The number of hydrogen-bond donors (Lipinski definition) is 0. The minimum absolute atomic E-state index is 0.180. The van der Waals surface area contributed by atoms with Crippen molar-refractivity contribution < 1.29 is 33.2 Å². The van der Waals surface area contributed by atoms with Crippen molar-refractivity contribution in [3.63, 3.8) is 0 Å². The van der Waals surface area contributed by atoms with E-state index in [1.54, 1.807) is 0 Å². The maximum Gasteiger partial charge on any atom is 0.348 e. The van der Waals surface area contributed by atoms with Gasteiger partial charge < -0.3 is 28.4 Å². The molecular weight excluding hydrogens is 372 g/mol. The van der Waals surface area contributed by atoms with E-state index in [2.05, 4.69) is 15.9 Å². The maximum atomic E-state index is 11.9. The first-order valence-corrected chi connectivity index (χ1v) is 8.25. The Morgan fingerprint density at radius 1 is 1.13 bits per heavy atom. The van der Waals surface area contributed by atoms with E-state index in [1.807, 2.05) is 27.7 Å². The van der Waals surface area contributed by atoms with Gasteiger partial charge in [0.25, 0.3) is 0 Å². The van der Waals surface area contributed by atoms with E-state index in [1.165, 1.54) is 7.11 Å². The van der Waals surface area contributed by atoms with Gasteiger partial charge in [-0.15, -0.1) is 0 Å². The molecule has 0 unspecified atom stereocenters. The monoisotopic (exact) mass is 392 g/mol. The molecule has 8 heteroatoms. The number of hydrogen-bond acceptors (Lipinski definition) is 7. The van der Waals surface area contributed by atoms with Crippen molar-refractivity contribution in [3.05, 3.63) is 10.2 Å². The molecule has 4 atom stereocenters. The van der Waals surface area contributed by atoms with Gasteiger partial charge in [0.15, 0.2) is 17.7 Å². The van der Waals surface area contributed by atoms with Crippen LogP contribution in [0.1, 0.15) is 27.7 Å². The van der Waals surface area contributed by atoms with Crippen LogP contribution in [0.25, 0.3) is 0 Å². The second kappa shape index (κ2) is 5.70. The summed E-state index contributed by atoms with van der Waals surface area (Å²) < 4.78 is 34.5. The van der Waals surface area contributed by atoms with Crippen LogP contribution in [0, 0.1) is 0 Å². The lowest BCUT2D eigenvalue weighted by Crippen LogP contribution is -2.60. The summed E-state index contributed by atoms with van der Waals surface area (Å²) in [5.74, 6) is -1.73. The van der Waals surface area contributed by atoms with Crippen LogP contribution in [0.5, 0.6) is 0 Å². The first kappa shape index (κ1) is 17.2. The van der Waals surface area contributed by atoms with E-state index >= 15 is 0 Å². The summed E-state index contributed by atoms with van der Waals surface area (Å²) in [7, 11) is 1.30. The van der Waals surface area contributed by atoms with Crippen LogP contribution in [0.3, 0.4) is 0 Å². The molecule has 0 aliphatic carbocycles. The van der Waals surface area contributed by atoms with Crippen molar-refractivity contribution >= 4 is 21.9 Å². The molecule has 0 radical (unpaired) electrons. The van der Waals surface area contributed by atoms with Crippen LogP contribution in [0.2, 0.25) is 0 Å². The van der Waals surface area contributed by atoms with Crippen molar-refractivity contribution in [1.82, 2.24) is 0 Å². The molecule has 0 saturated carbocycles. The summed E-state index contributed by atoms with van der Waals surface area (Å²) in [5, 5.41) is 0. The number of rotatable bonds is 1. The van der Waals surface area contributed by atoms with Crippen molar-refractivity contribution in [1.29, 1.82) is 0 Å². The molecule has 0 aromatic heterocycles. The molecule has 0 spiro atoms. The Morgan fingerprint density at radius 2 is 1.78 bits per heavy atom. The number of methoxy groups -OCH3 is 1. The molecule has 3 fully saturated rings. The summed E-state index contributed by atoms with van der Waals surface area (Å²) in [5.41, 5.74) is 0. The highest BCUT2D eigenvalue weighted by atomic mass is 79.9. The quantitative estimate of drug-likeness (QED) is 0.497. The van der Waals surface area contributed by atoms with Gasteiger partial charge in [0, 0.05) is 0 Å². The number of fused-ring (bicyclic) bond motifs is 3. The van der Waals surface area contributed by atoms with Gasteiger partial charge in [-0.05, 0) is 43.6 Å². The lowest BCUT2D eigenvalue weighted by atomic mass is 9.96. The number of ether oxygens (including phenoxy) is 6. The molecule has 0 aromatic carbocycles. The van der Waals surface area contributed by atoms with Crippen LogP contribution in [0.4, 0.5) is 0 Å². The highest BCUT2D eigenvalue weighted by Crippen LogP contribution is 2.44. The van der Waals surface area contributed by atoms with E-state index in [4.69, 9.17) is 28.4 Å². The SMILES string of the molecule is COC(=O)/C(Br)=C1/O[C@@H]2COC(C)(C)O[C@H]2[C@@H]2OC(C)(C)O[C@H]12. The topological polar surface area (TPSA) is 72.5 Å². The fourth-order valence-corrected chi connectivity index (χ4v) is 3.51. The van der Waals surface area contributed by atoms with Crippen LogP contribution >= 0.6 is 15.9 Å². The standard InChI is InChI=1S/C15H21BrO7/c1-14(2)19-6-7-9(21-14)11-12(23-15(3,4)22-11)10(20-7)8(16)13(17)18-5/h7,9,11-12H,6H2,1-5H3/b10-8-/t7-,9-,11+,12-/m1/s1. The Morgan fingerprint density at radius 3 is 2.43 bits per heavy atom. The summed E-state index contributed by atoms with van der Waals surface area (Å²) in [6.07, 6.45) is -1.71. The highest BCUT2D eigenvalue weighted by molar-refractivity contribution is 9.12. The van der Waals surface area contributed by atoms with Gasteiger partial charge >= 0.3 is 5.97 Å². The maximum absolute atomic E-state index is 11.9. The third kappa shape index (κ3) is 3.15. The first-order chi connectivity index (χ1) is 10.6. The zero-order chi connectivity index (χ0) is 17.0. The van der Waals surface area contributed by atoms with Crippen LogP contribution < -0.4 is 0 Å². The molecule has 23 heavy (non-hydrogen) atoms. The van der Waals surface area contributed by atoms with Crippen LogP contribution in [-0.2, 0) is 33.2 Å². The molecule has 3 saturated heterocycles. The van der Waals surface area contributed by atoms with Gasteiger partial charge in [0.2, 0.25) is 0 Å². The smallest absolute Gasteiger partial charge is 0.348 e. The Kier molecular flexibility index (Phi) is 4.25. The largest absolute Gasteiger partial charge is 0.485 e. The molecule has 0 aromatic rings. The van der Waals surface area contributed by atoms with Crippen molar-refractivity contribution in [2.45, 2.75) is 63.7 Å². The molecule has 0 amide bonds. The Bertz CT molecular complexity index is 542. The molecule has 130 valence electrons. The van der Waals surface area contributed by atoms with E-state index in [0.717, 1.165) is 0 Å². The highest BCUT2D eigenvalue weighted by Gasteiger charge is 2.58. The second-order valence-corrected chi connectivity index (χ2v) is 7.43. The molecule has 7 nitrogen and oxygen atoms in total. The normalized spacial score (nSPS) is 39.7. The minimum Gasteiger partial charge on any atom is -0.485 e. The van der Waals surface area contributed by atoms with E-state index in [0.29, 0.717) is 12.4 Å². The van der Waals surface area contributed by atoms with Crippen LogP contribution in [0.15, 0.2) is 10.2 Å². The van der Waals surface area contributed by atoms with Crippen molar-refractivity contribution in [2.75, 3.05) is 13.7 Å². The molecule has 3 aliphatic heterocycles. The van der Waals surface area contributed by atoms with Gasteiger partial charge in [0.05, 0.1) is 13.7 Å². The van der Waals surface area contributed by atoms with Gasteiger partial charge in [0.1, 0.15) is 28.6 Å². The Balaban J connectivity index is 1.97. The first-order valence-electron chi connectivity index (χ1n) is 7.45. The lowest BCUT2D eigenvalue weighted by Gasteiger charge is -2.47. The molecule has 3 aliphatic rings. The molecule has 0 N–H and O–H groups in total. The average molecular weight is 393 g/mol. The molecule has 3 rings (SSSR count). The molecule has 3 heterocycles. The summed E-state index contributed by atoms with van der Waals surface area (Å²) in [4.78, 5) is 11.9. The summed E-state index contributed by atoms with van der Waals surface area (Å²) in [6, 6.07) is 0. The Labute approximate surface area is 143 Å². The Hall–Kier alpha value is -0.670. The van der Waals surface area contributed by atoms with Gasteiger partial charge in [-0.2, -0.15) is 0 Å². The third-order valence-corrected chi connectivity index (χ3v) is 4.67. The molecular formula is C15H21BrO7. The predicted octanol–water partition coefficient (Wildman–Crippen LogP) is 1.84. The van der Waals surface area contributed by atoms with E-state index < -0.39 is 35.9 Å². The zero-order valence-corrected chi connectivity index (χ0v) is 15.3. The van der Waals surface area contributed by atoms with Crippen LogP contribution in [-0.4, -0.2) is 55.7 Å². The van der Waals surface area contributed by atoms with E-state index in [9.17, 15) is 4.79 Å².